The van der Waals surface area contributed by atoms with E-state index in [4.69, 9.17) is 0 Å². The minimum absolute atomic E-state index is 0.0881. The van der Waals surface area contributed by atoms with Crippen molar-refractivity contribution in [3.8, 4) is 0 Å². The van der Waals surface area contributed by atoms with Crippen LogP contribution in [0.25, 0.3) is 0 Å². The van der Waals surface area contributed by atoms with Gasteiger partial charge in [-0.25, -0.2) is 4.39 Å². The lowest BCUT2D eigenvalue weighted by Crippen LogP contribution is -2.13. The van der Waals surface area contributed by atoms with E-state index < -0.39 is 0 Å². The number of carbonyl (C=O) groups is 1. The van der Waals surface area contributed by atoms with Crippen LogP contribution in [0.15, 0.2) is 18.2 Å². The Morgan fingerprint density at radius 2 is 2.29 bits per heavy atom. The lowest BCUT2D eigenvalue weighted by molar-refractivity contribution is -0.116. The molecule has 4 heteroatoms. The van der Waals surface area contributed by atoms with Gasteiger partial charge in [0.05, 0.1) is 4.83 Å². The van der Waals surface area contributed by atoms with E-state index in [1.54, 1.807) is 6.07 Å². The van der Waals surface area contributed by atoms with Crippen molar-refractivity contribution in [3.63, 3.8) is 0 Å². The van der Waals surface area contributed by atoms with Gasteiger partial charge in [-0.3, -0.25) is 4.79 Å². The number of benzene rings is 1. The van der Waals surface area contributed by atoms with Crippen molar-refractivity contribution in [1.29, 1.82) is 0 Å². The van der Waals surface area contributed by atoms with Crippen LogP contribution in [-0.4, -0.2) is 10.6 Å². The monoisotopic (exact) mass is 370 g/mol. The zero-order valence-electron chi connectivity index (χ0n) is 7.56. The van der Waals surface area contributed by atoms with Crippen LogP contribution in [0.5, 0.6) is 0 Å². The molecule has 1 unspecified atom stereocenters. The van der Waals surface area contributed by atoms with E-state index in [1.807, 2.05) is 0 Å². The Bertz CT molecular complexity index is 354. The molecule has 0 heterocycles. The first-order chi connectivity index (χ1) is 6.50. The van der Waals surface area contributed by atoms with Gasteiger partial charge in [0.15, 0.2) is 0 Å². The Hall–Kier alpha value is 0.0300. The van der Waals surface area contributed by atoms with Crippen molar-refractivity contribution >= 4 is 44.3 Å². The molecule has 0 radical (unpaired) electrons. The van der Waals surface area contributed by atoms with Crippen molar-refractivity contribution in [2.75, 3.05) is 0 Å². The van der Waals surface area contributed by atoms with Crippen molar-refractivity contribution in [2.45, 2.75) is 18.2 Å². The average Bonchev–Trinajstić information content (AvgIpc) is 2.09. The fourth-order valence-corrected chi connectivity index (χ4v) is 2.07. The Kier molecular flexibility index (Phi) is 4.50. The maximum Gasteiger partial charge on any atom is 0.143 e. The van der Waals surface area contributed by atoms with Crippen molar-refractivity contribution < 1.29 is 9.18 Å². The molecular weight excluding hydrogens is 362 g/mol. The van der Waals surface area contributed by atoms with E-state index in [1.165, 1.54) is 19.1 Å². The summed E-state index contributed by atoms with van der Waals surface area (Å²) in [5, 5.41) is 0. The Morgan fingerprint density at radius 3 is 2.79 bits per heavy atom. The minimum atomic E-state index is -0.243. The second-order valence-corrected chi connectivity index (χ2v) is 5.29. The summed E-state index contributed by atoms with van der Waals surface area (Å²) in [6, 6.07) is 4.60. The summed E-state index contributed by atoms with van der Waals surface area (Å²) in [7, 11) is 0. The third-order valence-electron chi connectivity index (χ3n) is 1.86. The molecule has 1 rings (SSSR count). The Labute approximate surface area is 104 Å². The lowest BCUT2D eigenvalue weighted by Gasteiger charge is -2.07. The first-order valence-electron chi connectivity index (χ1n) is 4.09. The predicted molar refractivity (Wildman–Crippen MR) is 66.2 cm³/mol. The Balaban J connectivity index is 2.82. The SMILES string of the molecule is CC(=O)C(Br)Cc1ccc(F)cc1I. The molecule has 0 saturated carbocycles. The van der Waals surface area contributed by atoms with Crippen LogP contribution in [-0.2, 0) is 11.2 Å². The van der Waals surface area contributed by atoms with E-state index in [0.29, 0.717) is 6.42 Å². The van der Waals surface area contributed by atoms with E-state index in [9.17, 15) is 9.18 Å². The molecule has 0 saturated heterocycles. The normalized spacial score (nSPS) is 12.6. The first kappa shape index (κ1) is 12.1. The van der Waals surface area contributed by atoms with Gasteiger partial charge in [0.1, 0.15) is 11.6 Å². The third kappa shape index (κ3) is 3.31. The molecule has 0 aliphatic heterocycles. The highest BCUT2D eigenvalue weighted by Crippen LogP contribution is 2.18. The quantitative estimate of drug-likeness (QED) is 0.589. The number of hydrogen-bond acceptors (Lipinski definition) is 1. The molecule has 0 aliphatic rings. The molecule has 1 nitrogen and oxygen atoms in total. The van der Waals surface area contributed by atoms with Gasteiger partial charge in [-0.15, -0.1) is 0 Å². The second kappa shape index (κ2) is 5.21. The maximum absolute atomic E-state index is 12.8. The van der Waals surface area contributed by atoms with Crippen molar-refractivity contribution in [2.24, 2.45) is 0 Å². The van der Waals surface area contributed by atoms with Gasteiger partial charge < -0.3 is 0 Å². The third-order valence-corrected chi connectivity index (χ3v) is 3.83. The molecule has 1 aromatic rings. The van der Waals surface area contributed by atoms with E-state index in [2.05, 4.69) is 38.5 Å². The molecule has 0 aromatic heterocycles. The van der Waals surface area contributed by atoms with Crippen molar-refractivity contribution in [3.05, 3.63) is 33.1 Å². The maximum atomic E-state index is 12.8. The summed E-state index contributed by atoms with van der Waals surface area (Å²) >= 11 is 5.36. The van der Waals surface area contributed by atoms with E-state index >= 15 is 0 Å². The predicted octanol–water partition coefficient (Wildman–Crippen LogP) is 3.33. The van der Waals surface area contributed by atoms with Crippen LogP contribution in [0, 0.1) is 9.39 Å². The van der Waals surface area contributed by atoms with Gasteiger partial charge in [-0.05, 0) is 53.6 Å². The highest BCUT2D eigenvalue weighted by molar-refractivity contribution is 14.1. The van der Waals surface area contributed by atoms with Gasteiger partial charge >= 0.3 is 0 Å². The number of halogens is 3. The molecule has 76 valence electrons. The van der Waals surface area contributed by atoms with E-state index in [-0.39, 0.29) is 16.4 Å². The molecule has 14 heavy (non-hydrogen) atoms. The molecular formula is C10H9BrFIO. The average molecular weight is 371 g/mol. The molecule has 1 aromatic carbocycles. The number of Topliss-reactive ketones (excluding diaryl/α,β-unsaturated/α-hetero) is 1. The zero-order valence-corrected chi connectivity index (χ0v) is 11.3. The second-order valence-electron chi connectivity index (χ2n) is 3.02. The van der Waals surface area contributed by atoms with Crippen LogP contribution in [0.2, 0.25) is 0 Å². The summed E-state index contributed by atoms with van der Waals surface area (Å²) in [5.41, 5.74) is 0.990. The lowest BCUT2D eigenvalue weighted by atomic mass is 10.1. The molecule has 1 atom stereocenters. The van der Waals surface area contributed by atoms with Crippen molar-refractivity contribution in [1.82, 2.24) is 0 Å². The smallest absolute Gasteiger partial charge is 0.143 e. The largest absolute Gasteiger partial charge is 0.299 e. The summed E-state index contributed by atoms with van der Waals surface area (Å²) in [6.07, 6.45) is 0.605. The van der Waals surface area contributed by atoms with E-state index in [0.717, 1.165) is 9.13 Å². The van der Waals surface area contributed by atoms with Crippen LogP contribution in [0.1, 0.15) is 12.5 Å². The summed E-state index contributed by atoms with van der Waals surface area (Å²) < 4.78 is 13.6. The van der Waals surface area contributed by atoms with Crippen LogP contribution in [0.4, 0.5) is 4.39 Å². The number of ketones is 1. The fraction of sp³-hybridized carbons (Fsp3) is 0.300. The molecule has 0 bridgehead atoms. The molecule has 0 amide bonds. The molecule has 0 N–H and O–H groups in total. The van der Waals surface area contributed by atoms with Crippen LogP contribution >= 0.6 is 38.5 Å². The van der Waals surface area contributed by atoms with Gasteiger partial charge in [0.2, 0.25) is 0 Å². The Morgan fingerprint density at radius 1 is 1.64 bits per heavy atom. The fourth-order valence-electron chi connectivity index (χ4n) is 1.02. The summed E-state index contributed by atoms with van der Waals surface area (Å²) in [6.45, 7) is 1.54. The summed E-state index contributed by atoms with van der Waals surface area (Å²) in [5.74, 6) is -0.155. The number of carbonyl (C=O) groups excluding carboxylic acids is 1. The van der Waals surface area contributed by atoms with Gasteiger partial charge in [-0.2, -0.15) is 0 Å². The minimum Gasteiger partial charge on any atom is -0.299 e. The topological polar surface area (TPSA) is 17.1 Å². The van der Waals surface area contributed by atoms with Crippen LogP contribution in [0.3, 0.4) is 0 Å². The number of alkyl halides is 1. The number of hydrogen-bond donors (Lipinski definition) is 0. The first-order valence-corrected chi connectivity index (χ1v) is 6.08. The number of rotatable bonds is 3. The summed E-state index contributed by atoms with van der Waals surface area (Å²) in [4.78, 5) is 10.8. The molecule has 0 spiro atoms. The van der Waals surface area contributed by atoms with Gasteiger partial charge in [0.25, 0.3) is 0 Å². The highest BCUT2D eigenvalue weighted by atomic mass is 127. The standard InChI is InChI=1S/C10H9BrFIO/c1-6(14)9(11)4-7-2-3-8(12)5-10(7)13/h2-3,5,9H,4H2,1H3. The van der Waals surface area contributed by atoms with Gasteiger partial charge in [0, 0.05) is 3.57 Å². The highest BCUT2D eigenvalue weighted by Gasteiger charge is 2.12. The zero-order chi connectivity index (χ0) is 10.7. The molecule has 0 aliphatic carbocycles. The molecule has 0 fully saturated rings. The van der Waals surface area contributed by atoms with Crippen LogP contribution < -0.4 is 0 Å². The van der Waals surface area contributed by atoms with Gasteiger partial charge in [-0.1, -0.05) is 22.0 Å².